The second-order valence-corrected chi connectivity index (χ2v) is 10.00. The van der Waals surface area contributed by atoms with E-state index in [1.165, 1.54) is 23.5 Å². The molecule has 3 rings (SSSR count). The summed E-state index contributed by atoms with van der Waals surface area (Å²) in [7, 11) is -3.38. The molecule has 148 valence electrons. The minimum atomic E-state index is -3.38. The van der Waals surface area contributed by atoms with Crippen LogP contribution in [0.2, 0.25) is 0 Å². The average molecular weight is 439 g/mol. The molecule has 0 aliphatic heterocycles. The first-order chi connectivity index (χ1) is 13.3. The first-order valence-corrected chi connectivity index (χ1v) is 12.0. The van der Waals surface area contributed by atoms with Gasteiger partial charge in [-0.25, -0.2) is 8.42 Å². The number of thiazole rings is 1. The van der Waals surface area contributed by atoms with Gasteiger partial charge in [-0.15, -0.1) is 11.3 Å². The fourth-order valence-corrected chi connectivity index (χ4v) is 5.07. The third-order valence-electron chi connectivity index (χ3n) is 3.80. The van der Waals surface area contributed by atoms with Crippen LogP contribution in [0, 0.1) is 0 Å². The molecule has 0 N–H and O–H groups in total. The summed E-state index contributed by atoms with van der Waals surface area (Å²) in [4.78, 5) is 29.9. The Bertz CT molecular complexity index is 1190. The lowest BCUT2D eigenvalue weighted by atomic mass is 10.3. The number of aromatic nitrogens is 1. The van der Waals surface area contributed by atoms with Gasteiger partial charge in [-0.2, -0.15) is 4.99 Å². The van der Waals surface area contributed by atoms with Gasteiger partial charge in [0.05, 0.1) is 28.1 Å². The summed E-state index contributed by atoms with van der Waals surface area (Å²) in [5.41, 5.74) is 0.619. The second kappa shape index (κ2) is 8.38. The van der Waals surface area contributed by atoms with Crippen molar-refractivity contribution < 1.29 is 22.7 Å². The third-order valence-corrected chi connectivity index (χ3v) is 6.83. The zero-order valence-corrected chi connectivity index (χ0v) is 17.7. The molecule has 0 fully saturated rings. The van der Waals surface area contributed by atoms with Gasteiger partial charge in [0.2, 0.25) is 0 Å². The van der Waals surface area contributed by atoms with Crippen molar-refractivity contribution in [2.75, 3.05) is 12.9 Å². The fourth-order valence-electron chi connectivity index (χ4n) is 2.57. The summed E-state index contributed by atoms with van der Waals surface area (Å²) in [5.74, 6) is -0.795. The molecule has 0 radical (unpaired) electrons. The van der Waals surface area contributed by atoms with Crippen LogP contribution in [0.25, 0.3) is 10.2 Å². The highest BCUT2D eigenvalue weighted by Crippen LogP contribution is 2.22. The van der Waals surface area contributed by atoms with E-state index >= 15 is 0 Å². The van der Waals surface area contributed by atoms with Crippen LogP contribution < -0.4 is 4.80 Å². The number of rotatable bonds is 6. The number of nitrogens with zero attached hydrogens (tertiary/aromatic N) is 2. The van der Waals surface area contributed by atoms with Gasteiger partial charge in [-0.05, 0) is 36.6 Å². The van der Waals surface area contributed by atoms with Gasteiger partial charge in [0.15, 0.2) is 14.6 Å². The topological polar surface area (TPSA) is 94.8 Å². The first kappa shape index (κ1) is 20.4. The number of benzene rings is 1. The molecular weight excluding hydrogens is 420 g/mol. The van der Waals surface area contributed by atoms with Crippen molar-refractivity contribution >= 4 is 54.6 Å². The van der Waals surface area contributed by atoms with Gasteiger partial charge in [-0.3, -0.25) is 9.59 Å². The van der Waals surface area contributed by atoms with Gasteiger partial charge in [-0.1, -0.05) is 17.4 Å². The quantitative estimate of drug-likeness (QED) is 0.551. The van der Waals surface area contributed by atoms with Crippen LogP contribution in [0.15, 0.2) is 45.6 Å². The van der Waals surface area contributed by atoms with E-state index < -0.39 is 15.8 Å². The molecule has 0 saturated heterocycles. The number of ether oxygens (including phenoxy) is 1. The van der Waals surface area contributed by atoms with E-state index in [2.05, 4.69) is 4.99 Å². The van der Waals surface area contributed by atoms with Crippen LogP contribution in [0.1, 0.15) is 11.8 Å². The van der Waals surface area contributed by atoms with E-state index in [0.717, 1.165) is 22.5 Å². The molecule has 1 amide bonds. The van der Waals surface area contributed by atoms with Crippen LogP contribution in [-0.2, 0) is 37.1 Å². The van der Waals surface area contributed by atoms with E-state index in [-0.39, 0.29) is 30.4 Å². The molecule has 10 heteroatoms. The molecule has 3 aromatic rings. The van der Waals surface area contributed by atoms with Crippen LogP contribution in [0.5, 0.6) is 0 Å². The fraction of sp³-hybridized carbons (Fsp3) is 0.278. The first-order valence-electron chi connectivity index (χ1n) is 8.37. The molecule has 0 unspecified atom stereocenters. The summed E-state index contributed by atoms with van der Waals surface area (Å²) in [6, 6.07) is 8.34. The monoisotopic (exact) mass is 438 g/mol. The van der Waals surface area contributed by atoms with E-state index in [1.54, 1.807) is 17.6 Å². The zero-order valence-electron chi connectivity index (χ0n) is 15.2. The molecule has 2 aromatic heterocycles. The molecule has 0 atom stereocenters. The number of amides is 1. The lowest BCUT2D eigenvalue weighted by molar-refractivity contribution is -0.143. The number of carbonyl (C=O) groups is 2. The van der Waals surface area contributed by atoms with E-state index in [9.17, 15) is 18.0 Å². The smallest absolute Gasteiger partial charge is 0.326 e. The number of hydrogen-bond donors (Lipinski definition) is 0. The van der Waals surface area contributed by atoms with Crippen LogP contribution in [-0.4, -0.2) is 37.7 Å². The Hall–Kier alpha value is -2.30. The predicted octanol–water partition coefficient (Wildman–Crippen LogP) is 2.40. The number of fused-ring (bicyclic) bond motifs is 1. The predicted molar refractivity (Wildman–Crippen MR) is 108 cm³/mol. The van der Waals surface area contributed by atoms with Gasteiger partial charge >= 0.3 is 5.97 Å². The number of hydrogen-bond acceptors (Lipinski definition) is 7. The molecule has 2 heterocycles. The van der Waals surface area contributed by atoms with Gasteiger partial charge in [0, 0.05) is 11.1 Å². The summed E-state index contributed by atoms with van der Waals surface area (Å²) < 4.78 is 30.9. The summed E-state index contributed by atoms with van der Waals surface area (Å²) in [5, 5.41) is 1.88. The van der Waals surface area contributed by atoms with Crippen molar-refractivity contribution in [2.45, 2.75) is 24.8 Å². The minimum Gasteiger partial charge on any atom is -0.465 e. The van der Waals surface area contributed by atoms with Crippen LogP contribution in [0.4, 0.5) is 0 Å². The molecule has 0 saturated carbocycles. The number of thiophene rings is 1. The van der Waals surface area contributed by atoms with Crippen molar-refractivity contribution in [3.63, 3.8) is 0 Å². The molecule has 0 aliphatic carbocycles. The highest BCUT2D eigenvalue weighted by Gasteiger charge is 2.15. The summed E-state index contributed by atoms with van der Waals surface area (Å²) in [6.45, 7) is 1.84. The second-order valence-electron chi connectivity index (χ2n) is 5.94. The Morgan fingerprint density at radius 2 is 2.04 bits per heavy atom. The maximum Gasteiger partial charge on any atom is 0.326 e. The van der Waals surface area contributed by atoms with Gasteiger partial charge in [0.25, 0.3) is 5.91 Å². The van der Waals surface area contributed by atoms with Crippen LogP contribution >= 0.6 is 22.7 Å². The SMILES string of the molecule is CCOC(=O)Cn1c(=NC(=O)Cc2cccs2)sc2cc(S(C)(=O)=O)ccc21. The molecule has 0 aliphatic rings. The zero-order chi connectivity index (χ0) is 20.3. The summed E-state index contributed by atoms with van der Waals surface area (Å²) in [6.07, 6.45) is 1.30. The maximum absolute atomic E-state index is 12.4. The van der Waals surface area contributed by atoms with E-state index in [4.69, 9.17) is 4.74 Å². The summed E-state index contributed by atoms with van der Waals surface area (Å²) >= 11 is 2.63. The Labute approximate surface area is 169 Å². The number of sulfone groups is 1. The standard InChI is InChI=1S/C18H18N2O5S3/c1-3-25-17(22)11-20-14-7-6-13(28(2,23)24)10-15(14)27-18(20)19-16(21)9-12-5-4-8-26-12/h4-8,10H,3,9,11H2,1-2H3. The highest BCUT2D eigenvalue weighted by molar-refractivity contribution is 7.90. The molecule has 0 bridgehead atoms. The lowest BCUT2D eigenvalue weighted by Crippen LogP contribution is -2.23. The van der Waals surface area contributed by atoms with Crippen molar-refractivity contribution in [3.05, 3.63) is 45.4 Å². The highest BCUT2D eigenvalue weighted by atomic mass is 32.2. The van der Waals surface area contributed by atoms with Crippen molar-refractivity contribution in [1.29, 1.82) is 0 Å². The third kappa shape index (κ3) is 4.75. The van der Waals surface area contributed by atoms with Crippen LogP contribution in [0.3, 0.4) is 0 Å². The maximum atomic E-state index is 12.4. The molecule has 0 spiro atoms. The molecular formula is C18H18N2O5S3. The normalized spacial score (nSPS) is 12.4. The van der Waals surface area contributed by atoms with Gasteiger partial charge < -0.3 is 9.30 Å². The Kier molecular flexibility index (Phi) is 6.11. The van der Waals surface area contributed by atoms with Gasteiger partial charge in [0.1, 0.15) is 6.54 Å². The Morgan fingerprint density at radius 3 is 2.68 bits per heavy atom. The van der Waals surface area contributed by atoms with E-state index in [0.29, 0.717) is 15.0 Å². The van der Waals surface area contributed by atoms with Crippen molar-refractivity contribution in [1.82, 2.24) is 4.57 Å². The lowest BCUT2D eigenvalue weighted by Gasteiger charge is -2.05. The van der Waals surface area contributed by atoms with Crippen molar-refractivity contribution in [3.8, 4) is 0 Å². The molecule has 28 heavy (non-hydrogen) atoms. The Balaban J connectivity index is 2.08. The average Bonchev–Trinajstić information content (AvgIpc) is 3.22. The van der Waals surface area contributed by atoms with Crippen molar-refractivity contribution in [2.24, 2.45) is 4.99 Å². The largest absolute Gasteiger partial charge is 0.465 e. The van der Waals surface area contributed by atoms with E-state index in [1.807, 2.05) is 17.5 Å². The molecule has 7 nitrogen and oxygen atoms in total. The number of carbonyl (C=O) groups excluding carboxylic acids is 2. The minimum absolute atomic E-state index is 0.114. The molecule has 1 aromatic carbocycles. The Morgan fingerprint density at radius 1 is 1.25 bits per heavy atom. The number of esters is 1.